The second-order valence-electron chi connectivity index (χ2n) is 3.66. The zero-order chi connectivity index (χ0) is 10.3. The van der Waals surface area contributed by atoms with Crippen LogP contribution in [-0.4, -0.2) is 10.8 Å². The molecule has 0 saturated carbocycles. The van der Waals surface area contributed by atoms with E-state index >= 15 is 0 Å². The van der Waals surface area contributed by atoms with Gasteiger partial charge in [0.2, 0.25) is 0 Å². The van der Waals surface area contributed by atoms with Crippen LogP contribution in [0.25, 0.3) is 0 Å². The van der Waals surface area contributed by atoms with E-state index in [4.69, 9.17) is 18.0 Å². The summed E-state index contributed by atoms with van der Waals surface area (Å²) in [7, 11) is 0. The van der Waals surface area contributed by atoms with Crippen molar-refractivity contribution in [1.82, 2.24) is 0 Å². The number of nitrogens with two attached hydrogens (primary N) is 1. The Hall–Kier alpha value is -1.22. The van der Waals surface area contributed by atoms with E-state index in [1.54, 1.807) is 0 Å². The average molecular weight is 205 g/mol. The zero-order valence-electron chi connectivity index (χ0n) is 7.91. The minimum Gasteiger partial charge on any atom is -0.389 e. The minimum absolute atomic E-state index is 0.200. The highest BCUT2D eigenvalue weighted by Crippen LogP contribution is 2.34. The van der Waals surface area contributed by atoms with Crippen molar-refractivity contribution >= 4 is 23.0 Å². The lowest BCUT2D eigenvalue weighted by Gasteiger charge is -2.09. The van der Waals surface area contributed by atoms with Crippen LogP contribution >= 0.6 is 12.2 Å². The number of carbonyl (C=O) groups is 1. The van der Waals surface area contributed by atoms with Crippen molar-refractivity contribution in [3.05, 3.63) is 34.9 Å². The monoisotopic (exact) mass is 205 g/mol. The number of ketones is 1. The normalized spacial score (nSPS) is 19.5. The van der Waals surface area contributed by atoms with Gasteiger partial charge in [-0.05, 0) is 11.5 Å². The molecule has 3 heteroatoms. The number of hydrogen-bond donors (Lipinski definition) is 1. The second-order valence-corrected chi connectivity index (χ2v) is 4.10. The SMILES string of the molecule is CC1CC(=O)c2cccc(C(N)=S)c21. The molecular formula is C11H11NOS. The molecule has 0 amide bonds. The molecule has 0 spiro atoms. The van der Waals surface area contributed by atoms with Crippen molar-refractivity contribution in [3.8, 4) is 0 Å². The number of thiocarbonyl (C=S) groups is 1. The molecule has 0 radical (unpaired) electrons. The van der Waals surface area contributed by atoms with Crippen LogP contribution in [0.15, 0.2) is 18.2 Å². The summed E-state index contributed by atoms with van der Waals surface area (Å²) in [5.74, 6) is 0.445. The van der Waals surface area contributed by atoms with E-state index in [0.29, 0.717) is 11.4 Å². The maximum absolute atomic E-state index is 11.6. The summed E-state index contributed by atoms with van der Waals surface area (Å²) in [6.07, 6.45) is 0.578. The highest BCUT2D eigenvalue weighted by Gasteiger charge is 2.28. The fraction of sp³-hybridized carbons (Fsp3) is 0.273. The number of hydrogen-bond acceptors (Lipinski definition) is 2. The van der Waals surface area contributed by atoms with Crippen molar-refractivity contribution in [2.24, 2.45) is 5.73 Å². The molecule has 1 atom stereocenters. The van der Waals surface area contributed by atoms with Crippen molar-refractivity contribution in [3.63, 3.8) is 0 Å². The van der Waals surface area contributed by atoms with Gasteiger partial charge in [-0.2, -0.15) is 0 Å². The first-order valence-corrected chi connectivity index (χ1v) is 4.98. The first-order chi connectivity index (χ1) is 6.61. The molecule has 0 saturated heterocycles. The summed E-state index contributed by atoms with van der Waals surface area (Å²) in [5, 5.41) is 0. The van der Waals surface area contributed by atoms with Crippen LogP contribution in [0.2, 0.25) is 0 Å². The minimum atomic E-state index is 0.200. The Morgan fingerprint density at radius 2 is 2.29 bits per heavy atom. The van der Waals surface area contributed by atoms with E-state index in [1.807, 2.05) is 25.1 Å². The molecule has 1 aliphatic carbocycles. The number of rotatable bonds is 1. The highest BCUT2D eigenvalue weighted by molar-refractivity contribution is 7.80. The van der Waals surface area contributed by atoms with Crippen molar-refractivity contribution in [1.29, 1.82) is 0 Å². The Kier molecular flexibility index (Phi) is 2.11. The van der Waals surface area contributed by atoms with Crippen LogP contribution in [0, 0.1) is 0 Å². The van der Waals surface area contributed by atoms with Gasteiger partial charge in [0.25, 0.3) is 0 Å². The molecule has 0 aliphatic heterocycles. The van der Waals surface area contributed by atoms with Crippen LogP contribution in [-0.2, 0) is 0 Å². The molecule has 0 aromatic heterocycles. The van der Waals surface area contributed by atoms with E-state index in [2.05, 4.69) is 0 Å². The molecule has 14 heavy (non-hydrogen) atoms. The van der Waals surface area contributed by atoms with Crippen molar-refractivity contribution in [2.45, 2.75) is 19.3 Å². The largest absolute Gasteiger partial charge is 0.389 e. The molecule has 2 N–H and O–H groups in total. The predicted octanol–water partition coefficient (Wildman–Crippen LogP) is 2.01. The first kappa shape index (κ1) is 9.34. The lowest BCUT2D eigenvalue weighted by atomic mass is 9.97. The van der Waals surface area contributed by atoms with E-state index < -0.39 is 0 Å². The number of fused-ring (bicyclic) bond motifs is 1. The number of Topliss-reactive ketones (excluding diaryl/α,β-unsaturated/α-hetero) is 1. The lowest BCUT2D eigenvalue weighted by molar-refractivity contribution is 0.0990. The van der Waals surface area contributed by atoms with E-state index in [-0.39, 0.29) is 11.7 Å². The maximum Gasteiger partial charge on any atom is 0.163 e. The molecule has 2 nitrogen and oxygen atoms in total. The third-order valence-electron chi connectivity index (χ3n) is 2.66. The van der Waals surface area contributed by atoms with Gasteiger partial charge in [0.05, 0.1) is 0 Å². The molecule has 1 aliphatic rings. The summed E-state index contributed by atoms with van der Waals surface area (Å²) >= 11 is 4.96. The van der Waals surface area contributed by atoms with E-state index in [1.165, 1.54) is 0 Å². The topological polar surface area (TPSA) is 43.1 Å². The van der Waals surface area contributed by atoms with Gasteiger partial charge < -0.3 is 5.73 Å². The van der Waals surface area contributed by atoms with Gasteiger partial charge in [-0.1, -0.05) is 37.3 Å². The third kappa shape index (κ3) is 1.24. The lowest BCUT2D eigenvalue weighted by Crippen LogP contribution is -2.13. The van der Waals surface area contributed by atoms with Gasteiger partial charge in [0.15, 0.2) is 5.78 Å². The summed E-state index contributed by atoms with van der Waals surface area (Å²) in [6.45, 7) is 2.03. The van der Waals surface area contributed by atoms with E-state index in [0.717, 1.165) is 16.7 Å². The fourth-order valence-corrected chi connectivity index (χ4v) is 2.22. The van der Waals surface area contributed by atoms with Gasteiger partial charge in [-0.25, -0.2) is 0 Å². The predicted molar refractivity (Wildman–Crippen MR) is 59.7 cm³/mol. The first-order valence-electron chi connectivity index (χ1n) is 4.57. The summed E-state index contributed by atoms with van der Waals surface area (Å²) in [6, 6.07) is 5.57. The quantitative estimate of drug-likeness (QED) is 0.713. The molecule has 0 bridgehead atoms. The molecule has 1 aromatic carbocycles. The van der Waals surface area contributed by atoms with E-state index in [9.17, 15) is 4.79 Å². The van der Waals surface area contributed by atoms with Crippen LogP contribution in [0.3, 0.4) is 0 Å². The molecule has 1 unspecified atom stereocenters. The Balaban J connectivity index is 2.68. The molecule has 2 rings (SSSR count). The Morgan fingerprint density at radius 1 is 1.57 bits per heavy atom. The van der Waals surface area contributed by atoms with Crippen molar-refractivity contribution < 1.29 is 4.79 Å². The maximum atomic E-state index is 11.6. The van der Waals surface area contributed by atoms with Crippen LogP contribution in [0.1, 0.15) is 40.7 Å². The molecular weight excluding hydrogens is 194 g/mol. The summed E-state index contributed by atoms with van der Waals surface area (Å²) < 4.78 is 0. The van der Waals surface area contributed by atoms with Gasteiger partial charge in [-0.3, -0.25) is 4.79 Å². The van der Waals surface area contributed by atoms with Crippen LogP contribution in [0.4, 0.5) is 0 Å². The summed E-state index contributed by atoms with van der Waals surface area (Å²) in [4.78, 5) is 11.9. The van der Waals surface area contributed by atoms with Crippen LogP contribution < -0.4 is 5.73 Å². The van der Waals surface area contributed by atoms with Gasteiger partial charge in [0, 0.05) is 17.5 Å². The zero-order valence-corrected chi connectivity index (χ0v) is 8.73. The molecule has 72 valence electrons. The number of carbonyl (C=O) groups excluding carboxylic acids is 1. The second kappa shape index (κ2) is 3.17. The van der Waals surface area contributed by atoms with Crippen LogP contribution in [0.5, 0.6) is 0 Å². The average Bonchev–Trinajstić information content (AvgIpc) is 2.43. The third-order valence-corrected chi connectivity index (χ3v) is 2.88. The number of benzene rings is 1. The Bertz CT molecular complexity index is 425. The molecule has 1 aromatic rings. The van der Waals surface area contributed by atoms with Gasteiger partial charge >= 0.3 is 0 Å². The van der Waals surface area contributed by atoms with Gasteiger partial charge in [-0.15, -0.1) is 0 Å². The molecule has 0 fully saturated rings. The fourth-order valence-electron chi connectivity index (χ4n) is 2.04. The smallest absolute Gasteiger partial charge is 0.163 e. The molecule has 0 heterocycles. The van der Waals surface area contributed by atoms with Gasteiger partial charge in [0.1, 0.15) is 4.99 Å². The standard InChI is InChI=1S/C11H11NOS/c1-6-5-9(13)7-3-2-4-8(10(6)7)11(12)14/h2-4,6H,5H2,1H3,(H2,12,14). The highest BCUT2D eigenvalue weighted by atomic mass is 32.1. The Labute approximate surface area is 88.1 Å². The summed E-state index contributed by atoms with van der Waals surface area (Å²) in [5.41, 5.74) is 8.30. The van der Waals surface area contributed by atoms with Crippen molar-refractivity contribution in [2.75, 3.05) is 0 Å². The Morgan fingerprint density at radius 3 is 2.93 bits per heavy atom.